The summed E-state index contributed by atoms with van der Waals surface area (Å²) in [5.41, 5.74) is 14.7. The van der Waals surface area contributed by atoms with E-state index in [0.29, 0.717) is 17.2 Å². The maximum Gasteiger partial charge on any atom is 0.160 e. The predicted molar refractivity (Wildman–Crippen MR) is 255 cm³/mol. The van der Waals surface area contributed by atoms with Crippen molar-refractivity contribution in [3.8, 4) is 90.7 Å². The second kappa shape index (κ2) is 16.0. The Bertz CT molecular complexity index is 3370. The van der Waals surface area contributed by atoms with Crippen LogP contribution in [0.3, 0.4) is 0 Å². The van der Waals surface area contributed by atoms with Gasteiger partial charge in [-0.05, 0) is 65.7 Å². The number of fused-ring (bicyclic) bond motifs is 3. The molecule has 0 bridgehead atoms. The summed E-state index contributed by atoms with van der Waals surface area (Å²) in [5, 5.41) is 11.8. The Morgan fingerprint density at radius 3 is 1.38 bits per heavy atom. The molecule has 8 aromatic carbocycles. The second-order valence-corrected chi connectivity index (χ2v) is 15.4. The molecule has 0 N–H and O–H groups in total. The maximum absolute atomic E-state index is 9.52. The Balaban J connectivity index is 1.20. The van der Waals surface area contributed by atoms with E-state index < -0.39 is 0 Å². The fourth-order valence-electron chi connectivity index (χ4n) is 8.37. The lowest BCUT2D eigenvalue weighted by atomic mass is 10.0. The largest absolute Gasteiger partial charge is 0.309 e. The van der Waals surface area contributed by atoms with Crippen LogP contribution in [0, 0.1) is 11.3 Å². The van der Waals surface area contributed by atoms with E-state index in [1.807, 2.05) is 97.1 Å². The summed E-state index contributed by atoms with van der Waals surface area (Å²) in [7, 11) is 0. The van der Waals surface area contributed by atoms with Crippen molar-refractivity contribution < 1.29 is 0 Å². The van der Waals surface area contributed by atoms with E-state index in [-0.39, 0.29) is 0 Å². The summed E-state index contributed by atoms with van der Waals surface area (Å²) in [4.78, 5) is 21.0. The molecule has 294 valence electrons. The van der Waals surface area contributed by atoms with Gasteiger partial charge in [-0.25, -0.2) is 19.9 Å². The van der Waals surface area contributed by atoms with Gasteiger partial charge >= 0.3 is 0 Å². The van der Waals surface area contributed by atoms with Crippen molar-refractivity contribution in [2.45, 2.75) is 0 Å². The highest BCUT2D eigenvalue weighted by Gasteiger charge is 2.21. The molecular weight excluding hydrogens is 769 g/mol. The minimum Gasteiger partial charge on any atom is -0.309 e. The molecule has 0 atom stereocenters. The number of hydrogen-bond donors (Lipinski definition) is 0. The van der Waals surface area contributed by atoms with Crippen LogP contribution in [-0.4, -0.2) is 24.5 Å². The van der Waals surface area contributed by atoms with Crippen LogP contribution in [0.1, 0.15) is 5.56 Å². The summed E-state index contributed by atoms with van der Waals surface area (Å²) in [5.74, 6) is 1.23. The highest BCUT2D eigenvalue weighted by Crippen LogP contribution is 2.40. The van der Waals surface area contributed by atoms with E-state index in [9.17, 15) is 5.26 Å². The van der Waals surface area contributed by atoms with E-state index in [0.717, 1.165) is 94.8 Å². The molecule has 6 nitrogen and oxygen atoms in total. The number of benzene rings is 8. The monoisotopic (exact) mass is 804 g/mol. The van der Waals surface area contributed by atoms with Gasteiger partial charge < -0.3 is 4.57 Å². The first kappa shape index (κ1) is 37.2. The van der Waals surface area contributed by atoms with Crippen molar-refractivity contribution in [3.05, 3.63) is 224 Å². The summed E-state index contributed by atoms with van der Waals surface area (Å²) in [6.45, 7) is 0. The third-order valence-electron chi connectivity index (χ3n) is 11.5. The number of nitrogens with zero attached hydrogens (tertiary/aromatic N) is 6. The second-order valence-electron chi connectivity index (χ2n) is 15.4. The fourth-order valence-corrected chi connectivity index (χ4v) is 8.37. The van der Waals surface area contributed by atoms with Crippen molar-refractivity contribution in [1.82, 2.24) is 24.5 Å². The van der Waals surface area contributed by atoms with Crippen molar-refractivity contribution in [2.24, 2.45) is 0 Å². The van der Waals surface area contributed by atoms with Gasteiger partial charge in [-0.1, -0.05) is 164 Å². The normalized spacial score (nSPS) is 11.2. The summed E-state index contributed by atoms with van der Waals surface area (Å²) >= 11 is 0. The SMILES string of the molecule is N#Cc1ccc(-c2ccc3c4ccccc4n(-c4ccc(-c5nc(-c6ccccc6)cc(-c6ccccc6)n5)cc4-c4cc(-c5ccccc5)nc(-c5ccccc5)n4)c3c2)cc1. The van der Waals surface area contributed by atoms with Gasteiger partial charge in [0.1, 0.15) is 0 Å². The fraction of sp³-hybridized carbons (Fsp3) is 0. The average Bonchev–Trinajstić information content (AvgIpc) is 3.70. The number of hydrogen-bond acceptors (Lipinski definition) is 5. The lowest BCUT2D eigenvalue weighted by Crippen LogP contribution is -2.02. The first-order valence-electron chi connectivity index (χ1n) is 20.9. The molecule has 63 heavy (non-hydrogen) atoms. The van der Waals surface area contributed by atoms with Crippen LogP contribution in [0.4, 0.5) is 0 Å². The third-order valence-corrected chi connectivity index (χ3v) is 11.5. The molecule has 0 aliphatic heterocycles. The van der Waals surface area contributed by atoms with Gasteiger partial charge in [0.25, 0.3) is 0 Å². The lowest BCUT2D eigenvalue weighted by molar-refractivity contribution is 1.14. The molecule has 11 aromatic rings. The van der Waals surface area contributed by atoms with Crippen LogP contribution in [0.15, 0.2) is 218 Å². The highest BCUT2D eigenvalue weighted by molar-refractivity contribution is 6.11. The molecule has 3 aromatic heterocycles. The molecule has 0 spiro atoms. The van der Waals surface area contributed by atoms with Crippen LogP contribution in [0.2, 0.25) is 0 Å². The van der Waals surface area contributed by atoms with E-state index in [1.54, 1.807) is 0 Å². The molecular formula is C57H36N6. The van der Waals surface area contributed by atoms with E-state index >= 15 is 0 Å². The zero-order chi connectivity index (χ0) is 42.1. The van der Waals surface area contributed by atoms with Crippen molar-refractivity contribution in [1.29, 1.82) is 5.26 Å². The number of rotatable bonds is 8. The maximum atomic E-state index is 9.52. The lowest BCUT2D eigenvalue weighted by Gasteiger charge is -2.17. The number of aromatic nitrogens is 5. The zero-order valence-electron chi connectivity index (χ0n) is 34.0. The average molecular weight is 805 g/mol. The standard InChI is InChI=1S/C57H36N6/c58-37-38-25-27-39(28-26-38)44-29-31-47-46-23-13-14-24-53(46)63(55(47)34-44)54-32-30-45(57-60-49(40-15-5-1-6-16-40)35-50(61-57)41-17-7-2-8-18-41)33-48(54)52-36-51(42-19-9-3-10-20-42)59-56(62-52)43-21-11-4-12-22-43/h1-36H. The predicted octanol–water partition coefficient (Wildman–Crippen LogP) is 13.9. The van der Waals surface area contributed by atoms with Crippen molar-refractivity contribution in [2.75, 3.05) is 0 Å². The first-order valence-corrected chi connectivity index (χ1v) is 20.9. The Kier molecular flexibility index (Phi) is 9.45. The minimum atomic E-state index is 0.606. The van der Waals surface area contributed by atoms with Gasteiger partial charge in [-0.2, -0.15) is 5.26 Å². The Morgan fingerprint density at radius 2 is 0.794 bits per heavy atom. The van der Waals surface area contributed by atoms with Gasteiger partial charge in [0.05, 0.1) is 51.1 Å². The molecule has 11 rings (SSSR count). The number of para-hydroxylation sites is 1. The Labute approximate surface area is 364 Å². The van der Waals surface area contributed by atoms with Gasteiger partial charge in [-0.3, -0.25) is 0 Å². The quantitative estimate of drug-likeness (QED) is 0.153. The minimum absolute atomic E-state index is 0.606. The highest BCUT2D eigenvalue weighted by atomic mass is 15.0. The van der Waals surface area contributed by atoms with Gasteiger partial charge in [0.2, 0.25) is 0 Å². The Morgan fingerprint density at radius 1 is 0.333 bits per heavy atom. The van der Waals surface area contributed by atoms with E-state index in [2.05, 4.69) is 132 Å². The van der Waals surface area contributed by atoms with Gasteiger partial charge in [0.15, 0.2) is 11.6 Å². The molecule has 3 heterocycles. The zero-order valence-corrected chi connectivity index (χ0v) is 34.0. The first-order chi connectivity index (χ1) is 31.2. The molecule has 0 saturated heterocycles. The topological polar surface area (TPSA) is 80.3 Å². The summed E-state index contributed by atoms with van der Waals surface area (Å²) in [6, 6.07) is 76.8. The van der Waals surface area contributed by atoms with E-state index in [1.165, 1.54) is 0 Å². The molecule has 6 heteroatoms. The molecule has 0 aliphatic rings. The smallest absolute Gasteiger partial charge is 0.160 e. The van der Waals surface area contributed by atoms with Gasteiger partial charge in [-0.15, -0.1) is 0 Å². The van der Waals surface area contributed by atoms with Crippen LogP contribution in [0.25, 0.3) is 106 Å². The third kappa shape index (κ3) is 7.10. The van der Waals surface area contributed by atoms with Crippen LogP contribution >= 0.6 is 0 Å². The molecule has 0 radical (unpaired) electrons. The molecule has 0 fully saturated rings. The number of nitriles is 1. The van der Waals surface area contributed by atoms with Crippen molar-refractivity contribution in [3.63, 3.8) is 0 Å². The van der Waals surface area contributed by atoms with Gasteiger partial charge in [0, 0.05) is 44.2 Å². The van der Waals surface area contributed by atoms with Crippen molar-refractivity contribution >= 4 is 21.8 Å². The molecule has 0 aliphatic carbocycles. The van der Waals surface area contributed by atoms with Crippen LogP contribution in [-0.2, 0) is 0 Å². The van der Waals surface area contributed by atoms with Crippen LogP contribution in [0.5, 0.6) is 0 Å². The van der Waals surface area contributed by atoms with E-state index in [4.69, 9.17) is 19.9 Å². The molecule has 0 saturated carbocycles. The summed E-state index contributed by atoms with van der Waals surface area (Å²) in [6.07, 6.45) is 0. The van der Waals surface area contributed by atoms with Crippen LogP contribution < -0.4 is 0 Å². The molecule has 0 amide bonds. The Hall–Kier alpha value is -8.79. The molecule has 0 unspecified atom stereocenters. The summed E-state index contributed by atoms with van der Waals surface area (Å²) < 4.78 is 2.35.